The van der Waals surface area contributed by atoms with E-state index in [1.807, 2.05) is 10.8 Å². The number of hydrogen-bond acceptors (Lipinski definition) is 3. The summed E-state index contributed by atoms with van der Waals surface area (Å²) in [5.41, 5.74) is 0.860. The Labute approximate surface area is 105 Å². The van der Waals surface area contributed by atoms with Crippen molar-refractivity contribution >= 4 is 5.69 Å². The number of ether oxygens (including phenoxy) is 1. The summed E-state index contributed by atoms with van der Waals surface area (Å²) in [6, 6.07) is 4.76. The van der Waals surface area contributed by atoms with Crippen molar-refractivity contribution in [1.82, 2.24) is 9.55 Å². The fraction of sp³-hybridized carbons (Fsp3) is 0.308. The minimum atomic E-state index is -0.346. The molecule has 0 aliphatic carbocycles. The molecule has 2 aromatic rings. The Balaban J connectivity index is 1.79. The number of nitrogens with zero attached hydrogens (tertiary/aromatic N) is 2. The molecule has 0 aliphatic rings. The van der Waals surface area contributed by atoms with Crippen LogP contribution in [-0.4, -0.2) is 23.2 Å². The van der Waals surface area contributed by atoms with E-state index in [2.05, 4.69) is 10.3 Å². The molecule has 1 heterocycles. The number of aryl methyl sites for hydroxylation is 1. The van der Waals surface area contributed by atoms with Crippen LogP contribution >= 0.6 is 0 Å². The molecule has 0 saturated heterocycles. The van der Waals surface area contributed by atoms with E-state index >= 15 is 0 Å². The number of benzene rings is 1. The molecule has 0 amide bonds. The average Bonchev–Trinajstić information content (AvgIpc) is 2.89. The molecule has 0 unspecified atom stereocenters. The van der Waals surface area contributed by atoms with Crippen LogP contribution in [0.15, 0.2) is 36.9 Å². The van der Waals surface area contributed by atoms with Crippen molar-refractivity contribution in [3.05, 3.63) is 42.7 Å². The van der Waals surface area contributed by atoms with Crippen molar-refractivity contribution in [1.29, 1.82) is 0 Å². The van der Waals surface area contributed by atoms with E-state index in [0.29, 0.717) is 0 Å². The molecule has 1 aromatic carbocycles. The largest absolute Gasteiger partial charge is 0.494 e. The Kier molecular flexibility index (Phi) is 4.17. The topological polar surface area (TPSA) is 39.1 Å². The molecule has 4 nitrogen and oxygen atoms in total. The molecular weight excluding hydrogens is 233 g/mol. The monoisotopic (exact) mass is 249 g/mol. The lowest BCUT2D eigenvalue weighted by atomic mass is 10.3. The lowest BCUT2D eigenvalue weighted by Gasteiger charge is -2.09. The standard InChI is InChI=1S/C13H16FN3O/c1-18-13-9-11(3-4-12(13)14)16-5-2-7-17-8-6-15-10-17/h3-4,6,8-10,16H,2,5,7H2,1H3. The van der Waals surface area contributed by atoms with Gasteiger partial charge in [0, 0.05) is 37.2 Å². The van der Waals surface area contributed by atoms with Gasteiger partial charge in [0.05, 0.1) is 13.4 Å². The van der Waals surface area contributed by atoms with E-state index in [9.17, 15) is 4.39 Å². The average molecular weight is 249 g/mol. The summed E-state index contributed by atoms with van der Waals surface area (Å²) in [5.74, 6) is -0.0870. The molecular formula is C13H16FN3O. The zero-order chi connectivity index (χ0) is 12.8. The maximum Gasteiger partial charge on any atom is 0.165 e. The highest BCUT2D eigenvalue weighted by Crippen LogP contribution is 2.21. The summed E-state index contributed by atoms with van der Waals surface area (Å²) in [6.07, 6.45) is 6.45. The first-order valence-corrected chi connectivity index (χ1v) is 5.83. The van der Waals surface area contributed by atoms with Crippen LogP contribution in [0.4, 0.5) is 10.1 Å². The molecule has 18 heavy (non-hydrogen) atoms. The summed E-state index contributed by atoms with van der Waals surface area (Å²) < 4.78 is 20.1. The molecule has 0 spiro atoms. The van der Waals surface area contributed by atoms with Gasteiger partial charge < -0.3 is 14.6 Å². The lowest BCUT2D eigenvalue weighted by Crippen LogP contribution is -2.06. The molecule has 2 rings (SSSR count). The molecule has 0 saturated carbocycles. The van der Waals surface area contributed by atoms with Crippen LogP contribution in [0.1, 0.15) is 6.42 Å². The molecule has 0 aliphatic heterocycles. The van der Waals surface area contributed by atoms with Crippen molar-refractivity contribution in [2.45, 2.75) is 13.0 Å². The van der Waals surface area contributed by atoms with Gasteiger partial charge in [0.1, 0.15) is 0 Å². The third kappa shape index (κ3) is 3.23. The number of nitrogens with one attached hydrogen (secondary N) is 1. The van der Waals surface area contributed by atoms with E-state index in [-0.39, 0.29) is 11.6 Å². The minimum absolute atomic E-state index is 0.259. The fourth-order valence-electron chi connectivity index (χ4n) is 1.68. The SMILES string of the molecule is COc1cc(NCCCn2ccnc2)ccc1F. The van der Waals surface area contributed by atoms with Crippen molar-refractivity contribution in [3.63, 3.8) is 0 Å². The zero-order valence-corrected chi connectivity index (χ0v) is 10.3. The van der Waals surface area contributed by atoms with Crippen LogP contribution in [0.25, 0.3) is 0 Å². The van der Waals surface area contributed by atoms with Gasteiger partial charge in [-0.3, -0.25) is 0 Å². The van der Waals surface area contributed by atoms with E-state index in [1.54, 1.807) is 24.7 Å². The Morgan fingerprint density at radius 2 is 2.33 bits per heavy atom. The molecule has 0 radical (unpaired) electrons. The third-order valence-electron chi connectivity index (χ3n) is 2.63. The summed E-state index contributed by atoms with van der Waals surface area (Å²) in [5, 5.41) is 3.23. The summed E-state index contributed by atoms with van der Waals surface area (Å²) in [4.78, 5) is 3.98. The first kappa shape index (κ1) is 12.4. The molecule has 0 atom stereocenters. The quantitative estimate of drug-likeness (QED) is 0.800. The number of aromatic nitrogens is 2. The van der Waals surface area contributed by atoms with Gasteiger partial charge in [-0.05, 0) is 18.6 Å². The highest BCUT2D eigenvalue weighted by atomic mass is 19.1. The number of halogens is 1. The highest BCUT2D eigenvalue weighted by Gasteiger charge is 2.02. The van der Waals surface area contributed by atoms with Crippen LogP contribution in [0.5, 0.6) is 5.75 Å². The summed E-state index contributed by atoms with van der Waals surface area (Å²) in [6.45, 7) is 1.72. The van der Waals surface area contributed by atoms with Crippen LogP contribution in [0.3, 0.4) is 0 Å². The molecule has 1 aromatic heterocycles. The normalized spacial score (nSPS) is 10.3. The first-order chi connectivity index (χ1) is 8.79. The van der Waals surface area contributed by atoms with Crippen LogP contribution in [-0.2, 0) is 6.54 Å². The van der Waals surface area contributed by atoms with Gasteiger partial charge in [-0.2, -0.15) is 0 Å². The van der Waals surface area contributed by atoms with Crippen molar-refractivity contribution in [2.24, 2.45) is 0 Å². The minimum Gasteiger partial charge on any atom is -0.494 e. The van der Waals surface area contributed by atoms with E-state index in [1.165, 1.54) is 13.2 Å². The fourth-order valence-corrected chi connectivity index (χ4v) is 1.68. The van der Waals surface area contributed by atoms with Gasteiger partial charge in [0.15, 0.2) is 11.6 Å². The summed E-state index contributed by atoms with van der Waals surface area (Å²) in [7, 11) is 1.46. The van der Waals surface area contributed by atoms with Gasteiger partial charge in [-0.25, -0.2) is 9.37 Å². The summed E-state index contributed by atoms with van der Waals surface area (Å²) >= 11 is 0. The number of hydrogen-bond donors (Lipinski definition) is 1. The molecule has 1 N–H and O–H groups in total. The van der Waals surface area contributed by atoms with Crippen LogP contribution < -0.4 is 10.1 Å². The first-order valence-electron chi connectivity index (χ1n) is 5.83. The molecule has 5 heteroatoms. The van der Waals surface area contributed by atoms with Gasteiger partial charge in [0.2, 0.25) is 0 Å². The van der Waals surface area contributed by atoms with E-state index in [0.717, 1.165) is 25.2 Å². The predicted molar refractivity (Wildman–Crippen MR) is 68.3 cm³/mol. The number of anilines is 1. The molecule has 96 valence electrons. The van der Waals surface area contributed by atoms with Crippen molar-refractivity contribution in [3.8, 4) is 5.75 Å². The maximum absolute atomic E-state index is 13.2. The van der Waals surface area contributed by atoms with Gasteiger partial charge in [-0.15, -0.1) is 0 Å². The van der Waals surface area contributed by atoms with Gasteiger partial charge >= 0.3 is 0 Å². The van der Waals surface area contributed by atoms with Gasteiger partial charge in [0.25, 0.3) is 0 Å². The Morgan fingerprint density at radius 1 is 1.44 bits per heavy atom. The second-order valence-corrected chi connectivity index (χ2v) is 3.93. The third-order valence-corrected chi connectivity index (χ3v) is 2.63. The number of imidazole rings is 1. The van der Waals surface area contributed by atoms with Crippen molar-refractivity contribution in [2.75, 3.05) is 19.0 Å². The highest BCUT2D eigenvalue weighted by molar-refractivity contribution is 5.48. The number of rotatable bonds is 6. The second kappa shape index (κ2) is 6.05. The van der Waals surface area contributed by atoms with E-state index in [4.69, 9.17) is 4.74 Å². The zero-order valence-electron chi connectivity index (χ0n) is 10.3. The Bertz CT molecular complexity index is 485. The van der Waals surface area contributed by atoms with Crippen LogP contribution in [0.2, 0.25) is 0 Å². The Hall–Kier alpha value is -2.04. The molecule has 0 fully saturated rings. The molecule has 0 bridgehead atoms. The maximum atomic E-state index is 13.2. The second-order valence-electron chi connectivity index (χ2n) is 3.93. The smallest absolute Gasteiger partial charge is 0.165 e. The lowest BCUT2D eigenvalue weighted by molar-refractivity contribution is 0.387. The van der Waals surface area contributed by atoms with Crippen molar-refractivity contribution < 1.29 is 9.13 Å². The van der Waals surface area contributed by atoms with Gasteiger partial charge in [-0.1, -0.05) is 0 Å². The number of methoxy groups -OCH3 is 1. The van der Waals surface area contributed by atoms with Crippen LogP contribution in [0, 0.1) is 5.82 Å². The Morgan fingerprint density at radius 3 is 3.06 bits per heavy atom. The van der Waals surface area contributed by atoms with E-state index < -0.39 is 0 Å². The predicted octanol–water partition coefficient (Wildman–Crippen LogP) is 2.53.